The van der Waals surface area contributed by atoms with Crippen LogP contribution in [-0.2, 0) is 6.54 Å². The number of nitrogens with zero attached hydrogens (tertiary/aromatic N) is 2. The third kappa shape index (κ3) is 4.09. The van der Waals surface area contributed by atoms with E-state index in [0.29, 0.717) is 18.4 Å². The van der Waals surface area contributed by atoms with Crippen molar-refractivity contribution in [3.05, 3.63) is 66.0 Å². The van der Waals surface area contributed by atoms with Gasteiger partial charge in [-0.15, -0.1) is 0 Å². The van der Waals surface area contributed by atoms with Gasteiger partial charge in [0, 0.05) is 25.2 Å². The van der Waals surface area contributed by atoms with Crippen LogP contribution in [0.3, 0.4) is 0 Å². The number of hydrogen-bond acceptors (Lipinski definition) is 3. The molecule has 1 aliphatic rings. The lowest BCUT2D eigenvalue weighted by molar-refractivity contribution is 0.0617. The van der Waals surface area contributed by atoms with Crippen LogP contribution in [0.1, 0.15) is 48.8 Å². The van der Waals surface area contributed by atoms with Crippen molar-refractivity contribution in [3.8, 4) is 0 Å². The minimum Gasteiger partial charge on any atom is -0.334 e. The quantitative estimate of drug-likeness (QED) is 0.680. The maximum Gasteiger partial charge on any atom is 0.289 e. The van der Waals surface area contributed by atoms with Gasteiger partial charge in [0.1, 0.15) is 0 Å². The molecule has 1 aromatic heterocycles. The number of fused-ring (bicyclic) bond motifs is 1. The van der Waals surface area contributed by atoms with Gasteiger partial charge < -0.3 is 15.2 Å². The molecule has 2 atom stereocenters. The lowest BCUT2D eigenvalue weighted by Gasteiger charge is -2.37. The van der Waals surface area contributed by atoms with Crippen molar-refractivity contribution in [1.29, 1.82) is 0 Å². The first kappa shape index (κ1) is 18.7. The van der Waals surface area contributed by atoms with Crippen LogP contribution in [0.25, 0.3) is 11.0 Å². The molecule has 0 bridgehead atoms. The number of aromatic nitrogens is 2. The Hall–Kier alpha value is -2.66. The fourth-order valence-corrected chi connectivity index (χ4v) is 4.25. The zero-order valence-corrected chi connectivity index (χ0v) is 16.4. The predicted octanol–water partition coefficient (Wildman–Crippen LogP) is 4.13. The van der Waals surface area contributed by atoms with Gasteiger partial charge in [-0.25, -0.2) is 4.98 Å². The predicted molar refractivity (Wildman–Crippen MR) is 112 cm³/mol. The van der Waals surface area contributed by atoms with Gasteiger partial charge in [-0.2, -0.15) is 0 Å². The molecule has 0 radical (unpaired) electrons. The summed E-state index contributed by atoms with van der Waals surface area (Å²) < 4.78 is 0. The van der Waals surface area contributed by atoms with Gasteiger partial charge in [0.15, 0.2) is 5.82 Å². The molecule has 3 aromatic rings. The first-order valence-electron chi connectivity index (χ1n) is 10.3. The molecule has 1 saturated carbocycles. The summed E-state index contributed by atoms with van der Waals surface area (Å²) in [5, 5.41) is 3.69. The number of imidazole rings is 1. The number of H-pyrrole nitrogens is 1. The van der Waals surface area contributed by atoms with E-state index >= 15 is 0 Å². The number of carbonyl (C=O) groups is 1. The molecular weight excluding hydrogens is 348 g/mol. The summed E-state index contributed by atoms with van der Waals surface area (Å²) in [5.41, 5.74) is 3.05. The number of amides is 1. The molecule has 0 aliphatic heterocycles. The molecule has 1 fully saturated rings. The second-order valence-electron chi connectivity index (χ2n) is 7.58. The number of carbonyl (C=O) groups excluding carboxylic acids is 1. The largest absolute Gasteiger partial charge is 0.334 e. The highest BCUT2D eigenvalue weighted by Crippen LogP contribution is 2.25. The highest BCUT2D eigenvalue weighted by atomic mass is 16.2. The summed E-state index contributed by atoms with van der Waals surface area (Å²) in [5.74, 6) is 0.454. The second-order valence-corrected chi connectivity index (χ2v) is 7.58. The normalized spacial score (nSPS) is 19.6. The number of aromatic amines is 1. The smallest absolute Gasteiger partial charge is 0.289 e. The van der Waals surface area contributed by atoms with E-state index in [1.54, 1.807) is 0 Å². The van der Waals surface area contributed by atoms with E-state index in [-0.39, 0.29) is 11.9 Å². The van der Waals surface area contributed by atoms with Gasteiger partial charge in [0.2, 0.25) is 0 Å². The van der Waals surface area contributed by atoms with E-state index in [1.807, 2.05) is 35.2 Å². The van der Waals surface area contributed by atoms with Crippen LogP contribution in [0.15, 0.2) is 54.6 Å². The number of hydrogen-bond donors (Lipinski definition) is 2. The summed E-state index contributed by atoms with van der Waals surface area (Å²) in [7, 11) is 0. The molecule has 5 heteroatoms. The minimum absolute atomic E-state index is 0.00686. The van der Waals surface area contributed by atoms with Crippen molar-refractivity contribution in [3.63, 3.8) is 0 Å². The second kappa shape index (κ2) is 8.57. The first-order valence-corrected chi connectivity index (χ1v) is 10.3. The van der Waals surface area contributed by atoms with Crippen molar-refractivity contribution in [2.24, 2.45) is 0 Å². The van der Waals surface area contributed by atoms with E-state index in [0.717, 1.165) is 36.8 Å². The third-order valence-electron chi connectivity index (χ3n) is 5.72. The molecule has 2 aromatic carbocycles. The van der Waals surface area contributed by atoms with Crippen molar-refractivity contribution >= 4 is 16.9 Å². The third-order valence-corrected chi connectivity index (χ3v) is 5.72. The van der Waals surface area contributed by atoms with Crippen molar-refractivity contribution < 1.29 is 4.79 Å². The Morgan fingerprint density at radius 2 is 1.93 bits per heavy atom. The highest BCUT2D eigenvalue weighted by molar-refractivity contribution is 5.94. The molecule has 28 heavy (non-hydrogen) atoms. The van der Waals surface area contributed by atoms with Crippen molar-refractivity contribution in [2.75, 3.05) is 6.54 Å². The molecule has 1 aliphatic carbocycles. The van der Waals surface area contributed by atoms with E-state index in [9.17, 15) is 4.79 Å². The van der Waals surface area contributed by atoms with Gasteiger partial charge in [0.25, 0.3) is 5.91 Å². The van der Waals surface area contributed by atoms with Gasteiger partial charge in [0.05, 0.1) is 11.0 Å². The van der Waals surface area contributed by atoms with Crippen molar-refractivity contribution in [1.82, 2.24) is 20.2 Å². The van der Waals surface area contributed by atoms with Gasteiger partial charge in [-0.3, -0.25) is 4.79 Å². The first-order chi connectivity index (χ1) is 13.7. The average molecular weight is 377 g/mol. The molecule has 5 nitrogen and oxygen atoms in total. The Morgan fingerprint density at radius 1 is 1.14 bits per heavy atom. The van der Waals surface area contributed by atoms with Gasteiger partial charge in [-0.05, 0) is 50.3 Å². The fourth-order valence-electron chi connectivity index (χ4n) is 4.25. The minimum atomic E-state index is 0.00686. The molecule has 1 heterocycles. The zero-order valence-electron chi connectivity index (χ0n) is 16.4. The summed E-state index contributed by atoms with van der Waals surface area (Å²) in [6, 6.07) is 19.0. The van der Waals surface area contributed by atoms with Crippen LogP contribution >= 0.6 is 0 Å². The summed E-state index contributed by atoms with van der Waals surface area (Å²) in [6.45, 7) is 3.63. The Balaban J connectivity index is 1.42. The molecule has 1 amide bonds. The van der Waals surface area contributed by atoms with Crippen LogP contribution in [0.2, 0.25) is 0 Å². The van der Waals surface area contributed by atoms with Crippen molar-refractivity contribution in [2.45, 2.75) is 51.2 Å². The Labute approximate surface area is 166 Å². The monoisotopic (exact) mass is 376 g/mol. The van der Waals surface area contributed by atoms with Crippen LogP contribution in [0.4, 0.5) is 0 Å². The average Bonchev–Trinajstić information content (AvgIpc) is 3.18. The molecule has 4 rings (SSSR count). The lowest BCUT2D eigenvalue weighted by atomic mass is 9.89. The number of benzene rings is 2. The standard InChI is InChI=1S/C23H28N4O/c1-2-27(23(28)22-25-20-13-6-7-14-21(20)26-22)19-12-8-11-18(15-19)24-16-17-9-4-3-5-10-17/h3-7,9-10,13-14,18-19,24H,2,8,11-12,15-16H2,1H3,(H,25,26). The zero-order chi connectivity index (χ0) is 19.3. The Kier molecular flexibility index (Phi) is 5.72. The number of para-hydroxylation sites is 2. The highest BCUT2D eigenvalue weighted by Gasteiger charge is 2.30. The van der Waals surface area contributed by atoms with Crippen LogP contribution < -0.4 is 5.32 Å². The Bertz CT molecular complexity index is 888. The number of rotatable bonds is 6. The summed E-state index contributed by atoms with van der Waals surface area (Å²) in [6.07, 6.45) is 4.36. The maximum absolute atomic E-state index is 13.1. The summed E-state index contributed by atoms with van der Waals surface area (Å²) >= 11 is 0. The SMILES string of the molecule is CCN(C(=O)c1nc2ccccc2[nH]1)C1CCCC(NCc2ccccc2)C1. The molecule has 2 unspecified atom stereocenters. The fraction of sp³-hybridized carbons (Fsp3) is 0.391. The van der Waals surface area contributed by atoms with Gasteiger partial charge >= 0.3 is 0 Å². The molecule has 2 N–H and O–H groups in total. The maximum atomic E-state index is 13.1. The number of nitrogens with one attached hydrogen (secondary N) is 2. The van der Waals surface area contributed by atoms with Crippen LogP contribution in [0.5, 0.6) is 0 Å². The van der Waals surface area contributed by atoms with Crippen LogP contribution in [0, 0.1) is 0 Å². The molecule has 0 spiro atoms. The molecule has 146 valence electrons. The lowest BCUT2D eigenvalue weighted by Crippen LogP contribution is -2.47. The summed E-state index contributed by atoms with van der Waals surface area (Å²) in [4.78, 5) is 22.8. The van der Waals surface area contributed by atoms with E-state index in [2.05, 4.69) is 46.5 Å². The van der Waals surface area contributed by atoms with Gasteiger partial charge in [-0.1, -0.05) is 42.5 Å². The topological polar surface area (TPSA) is 61.0 Å². The van der Waals surface area contributed by atoms with Crippen LogP contribution in [-0.4, -0.2) is 39.4 Å². The van der Waals surface area contributed by atoms with E-state index in [4.69, 9.17) is 0 Å². The molecular formula is C23H28N4O. The van der Waals surface area contributed by atoms with E-state index in [1.165, 1.54) is 12.0 Å². The van der Waals surface area contributed by atoms with E-state index < -0.39 is 0 Å². The molecule has 0 saturated heterocycles. The Morgan fingerprint density at radius 3 is 2.71 bits per heavy atom.